The first kappa shape index (κ1) is 28.9. The molecule has 3 aromatic carbocycles. The molecule has 1 amide bonds. The number of amides is 1. The van der Waals surface area contributed by atoms with Crippen LogP contribution >= 0.6 is 11.6 Å². The number of esters is 1. The number of hydrogen-bond acceptors (Lipinski definition) is 6. The van der Waals surface area contributed by atoms with Crippen LogP contribution in [-0.2, 0) is 18.8 Å². The molecule has 1 aliphatic carbocycles. The molecule has 0 aromatic heterocycles. The lowest BCUT2D eigenvalue weighted by Gasteiger charge is -2.32. The lowest BCUT2D eigenvalue weighted by atomic mass is 9.77. The van der Waals surface area contributed by atoms with Crippen molar-refractivity contribution in [1.29, 1.82) is 0 Å². The van der Waals surface area contributed by atoms with E-state index in [4.69, 9.17) is 30.4 Å². The summed E-state index contributed by atoms with van der Waals surface area (Å²) in [7, 11) is 0.589. The molecular weight excluding hydrogens is 541 g/mol. The molecule has 0 unspecified atom stereocenters. The minimum absolute atomic E-state index is 0.0401. The lowest BCUT2D eigenvalue weighted by Crippen LogP contribution is -2.41. The number of fused-ring (bicyclic) bond motifs is 3. The summed E-state index contributed by atoms with van der Waals surface area (Å²) < 4.78 is 23.1. The molecule has 0 saturated carbocycles. The van der Waals surface area contributed by atoms with Gasteiger partial charge in [0.25, 0.3) is 0 Å². The summed E-state index contributed by atoms with van der Waals surface area (Å²) in [5.74, 6) is -0.560. The Bertz CT molecular complexity index is 1460. The monoisotopic (exact) mass is 573 g/mol. The molecule has 1 fully saturated rings. The molecule has 5 rings (SSSR count). The van der Waals surface area contributed by atoms with Crippen LogP contribution < -0.4 is 5.32 Å². The van der Waals surface area contributed by atoms with Crippen LogP contribution in [0.4, 0.5) is 4.79 Å². The fourth-order valence-corrected chi connectivity index (χ4v) is 5.40. The van der Waals surface area contributed by atoms with Gasteiger partial charge in [-0.2, -0.15) is 0 Å². The van der Waals surface area contributed by atoms with Crippen molar-refractivity contribution in [2.45, 2.75) is 44.8 Å². The average molecular weight is 574 g/mol. The fourth-order valence-electron chi connectivity index (χ4n) is 5.13. The Balaban J connectivity index is 1.32. The maximum Gasteiger partial charge on any atom is 0.492 e. The smallest absolute Gasteiger partial charge is 0.465 e. The molecule has 3 aromatic rings. The highest BCUT2D eigenvalue weighted by molar-refractivity contribution is 6.56. The largest absolute Gasteiger partial charge is 0.492 e. The Labute approximate surface area is 245 Å². The number of alkyl carbamates (subject to hydrolysis) is 1. The molecule has 0 bridgehead atoms. The van der Waals surface area contributed by atoms with Crippen molar-refractivity contribution in [3.63, 3.8) is 0 Å². The van der Waals surface area contributed by atoms with Gasteiger partial charge in [0.2, 0.25) is 0 Å². The summed E-state index contributed by atoms with van der Waals surface area (Å²) in [6.07, 6.45) is 1.28. The standard InChI is InChI=1S/C32H33BClNO6/c1-31(2)32(3,4)41-33(40-31)21(16-20-14-15-26(28(34)17-20)29(36)38-5)18-35-30(37)39-19-27-24-12-8-6-10-22(24)23-11-7-9-13-25(23)27/h6-17,27H,18-19H2,1-5H3,(H,35,37). The Morgan fingerprint density at radius 3 is 2.10 bits per heavy atom. The van der Waals surface area contributed by atoms with E-state index in [0.717, 1.165) is 11.1 Å². The fraction of sp³-hybridized carbons (Fsp3) is 0.312. The molecule has 7 nitrogen and oxygen atoms in total. The van der Waals surface area contributed by atoms with Gasteiger partial charge >= 0.3 is 19.2 Å². The van der Waals surface area contributed by atoms with E-state index in [1.165, 1.54) is 18.2 Å². The van der Waals surface area contributed by atoms with E-state index in [0.29, 0.717) is 11.0 Å². The zero-order valence-corrected chi connectivity index (χ0v) is 24.6. The highest BCUT2D eigenvalue weighted by atomic mass is 35.5. The summed E-state index contributed by atoms with van der Waals surface area (Å²) >= 11 is 6.36. The van der Waals surface area contributed by atoms with E-state index >= 15 is 0 Å². The van der Waals surface area contributed by atoms with Crippen LogP contribution in [0.3, 0.4) is 0 Å². The van der Waals surface area contributed by atoms with Gasteiger partial charge in [0.1, 0.15) is 6.61 Å². The summed E-state index contributed by atoms with van der Waals surface area (Å²) in [5.41, 5.74) is 5.11. The molecule has 9 heteroatoms. The third kappa shape index (κ3) is 5.78. The van der Waals surface area contributed by atoms with Gasteiger partial charge in [0.05, 0.1) is 28.9 Å². The molecule has 2 aliphatic rings. The SMILES string of the molecule is COC(=O)c1ccc(C=C(CNC(=O)OCC2c3ccccc3-c3ccccc32)B2OC(C)(C)C(C)(C)O2)cc1Cl. The molecule has 1 aliphatic heterocycles. The van der Waals surface area contributed by atoms with Crippen molar-refractivity contribution in [1.82, 2.24) is 5.32 Å². The summed E-state index contributed by atoms with van der Waals surface area (Å²) in [4.78, 5) is 24.9. The first-order chi connectivity index (χ1) is 19.5. The van der Waals surface area contributed by atoms with Crippen LogP contribution in [0, 0.1) is 0 Å². The maximum absolute atomic E-state index is 12.9. The molecule has 0 radical (unpaired) electrons. The van der Waals surface area contributed by atoms with Gasteiger partial charge in [-0.05, 0) is 73.1 Å². The van der Waals surface area contributed by atoms with E-state index in [-0.39, 0.29) is 29.7 Å². The highest BCUT2D eigenvalue weighted by Crippen LogP contribution is 2.44. The number of benzene rings is 3. The highest BCUT2D eigenvalue weighted by Gasteiger charge is 2.52. The van der Waals surface area contributed by atoms with Crippen LogP contribution in [0.5, 0.6) is 0 Å². The molecule has 1 saturated heterocycles. The second-order valence-electron chi connectivity index (χ2n) is 11.2. The summed E-state index contributed by atoms with van der Waals surface area (Å²) in [5, 5.41) is 3.12. The van der Waals surface area contributed by atoms with Gasteiger partial charge < -0.3 is 24.1 Å². The minimum atomic E-state index is -0.715. The minimum Gasteiger partial charge on any atom is -0.465 e. The second kappa shape index (κ2) is 11.4. The molecule has 1 N–H and O–H groups in total. The number of halogens is 1. The number of carbonyl (C=O) groups excluding carboxylic acids is 2. The number of nitrogens with one attached hydrogen (secondary N) is 1. The predicted molar refractivity (Wildman–Crippen MR) is 160 cm³/mol. The molecule has 212 valence electrons. The Morgan fingerprint density at radius 2 is 1.54 bits per heavy atom. The third-order valence-corrected chi connectivity index (χ3v) is 8.40. The van der Waals surface area contributed by atoms with Crippen molar-refractivity contribution in [2.24, 2.45) is 0 Å². The number of methoxy groups -OCH3 is 1. The van der Waals surface area contributed by atoms with Crippen LogP contribution in [-0.4, -0.2) is 50.6 Å². The lowest BCUT2D eigenvalue weighted by molar-refractivity contribution is 0.00578. The Kier molecular flexibility index (Phi) is 8.01. The summed E-state index contributed by atoms with van der Waals surface area (Å²) in [6, 6.07) is 21.4. The van der Waals surface area contributed by atoms with Crippen molar-refractivity contribution in [3.8, 4) is 11.1 Å². The van der Waals surface area contributed by atoms with Crippen LogP contribution in [0.2, 0.25) is 5.02 Å². The van der Waals surface area contributed by atoms with E-state index < -0.39 is 30.4 Å². The third-order valence-electron chi connectivity index (χ3n) is 8.09. The molecule has 41 heavy (non-hydrogen) atoms. The first-order valence-corrected chi connectivity index (χ1v) is 13.9. The first-order valence-electron chi connectivity index (χ1n) is 13.5. The van der Waals surface area contributed by atoms with Gasteiger partial charge in [-0.15, -0.1) is 0 Å². The van der Waals surface area contributed by atoms with Crippen LogP contribution in [0.15, 0.2) is 72.2 Å². The Morgan fingerprint density at radius 1 is 0.951 bits per heavy atom. The molecule has 1 heterocycles. The zero-order chi connectivity index (χ0) is 29.4. The van der Waals surface area contributed by atoms with Gasteiger partial charge in [-0.3, -0.25) is 0 Å². The Hall–Kier alpha value is -3.59. The molecule has 0 atom stereocenters. The van der Waals surface area contributed by atoms with Gasteiger partial charge in [-0.25, -0.2) is 9.59 Å². The zero-order valence-electron chi connectivity index (χ0n) is 23.8. The van der Waals surface area contributed by atoms with Crippen molar-refractivity contribution in [2.75, 3.05) is 20.3 Å². The number of carbonyl (C=O) groups is 2. The van der Waals surface area contributed by atoms with E-state index in [1.54, 1.807) is 18.2 Å². The summed E-state index contributed by atoms with van der Waals surface area (Å²) in [6.45, 7) is 8.18. The predicted octanol–water partition coefficient (Wildman–Crippen LogP) is 6.68. The maximum atomic E-state index is 12.9. The van der Waals surface area contributed by atoms with E-state index in [1.807, 2.05) is 58.0 Å². The number of rotatable bonds is 7. The van der Waals surface area contributed by atoms with Crippen molar-refractivity contribution >= 4 is 36.9 Å². The number of ether oxygens (including phenoxy) is 2. The topological polar surface area (TPSA) is 83.1 Å². The van der Waals surface area contributed by atoms with Gasteiger partial charge in [0.15, 0.2) is 0 Å². The number of hydrogen-bond donors (Lipinski definition) is 1. The van der Waals surface area contributed by atoms with Crippen molar-refractivity contribution in [3.05, 3.63) is 99.5 Å². The van der Waals surface area contributed by atoms with Crippen LogP contribution in [0.1, 0.15) is 60.7 Å². The molecular formula is C32H33BClNO6. The van der Waals surface area contributed by atoms with E-state index in [9.17, 15) is 9.59 Å². The van der Waals surface area contributed by atoms with E-state index in [2.05, 4.69) is 29.6 Å². The van der Waals surface area contributed by atoms with Gasteiger partial charge in [-0.1, -0.05) is 72.3 Å². The second-order valence-corrected chi connectivity index (χ2v) is 11.6. The normalized spacial score (nSPS) is 17.1. The van der Waals surface area contributed by atoms with Gasteiger partial charge in [0, 0.05) is 12.5 Å². The van der Waals surface area contributed by atoms with Crippen LogP contribution in [0.25, 0.3) is 17.2 Å². The quantitative estimate of drug-likeness (QED) is 0.251. The van der Waals surface area contributed by atoms with Crippen molar-refractivity contribution < 1.29 is 28.4 Å². The average Bonchev–Trinajstić information content (AvgIpc) is 3.38. The molecule has 0 spiro atoms.